The van der Waals surface area contributed by atoms with E-state index >= 15 is 0 Å². The van der Waals surface area contributed by atoms with Crippen LogP contribution in [0.1, 0.15) is 109 Å². The van der Waals surface area contributed by atoms with E-state index in [-0.39, 0.29) is 101 Å². The number of unbranched alkanes of at least 4 members (excludes halogenated alkanes) is 1. The second kappa shape index (κ2) is 46.0. The van der Waals surface area contributed by atoms with Gasteiger partial charge < -0.3 is 35.4 Å². The molecule has 0 aliphatic carbocycles. The predicted octanol–water partition coefficient (Wildman–Crippen LogP) is 1.87. The molecule has 0 radical (unpaired) electrons. The molecule has 0 amide bonds. The summed E-state index contributed by atoms with van der Waals surface area (Å²) in [6.45, 7) is 20.9. The summed E-state index contributed by atoms with van der Waals surface area (Å²) in [6.07, 6.45) is 2.44. The SMILES string of the molecule is CC(C)O.CC(C)O.CC(C)O.CC(C)O.CC(C)[O-].CCCCC(CC)C(=O)[O-].[Ba+2].[Ti]. The Labute approximate surface area is 254 Å². The molecule has 9 heteroatoms. The van der Waals surface area contributed by atoms with Gasteiger partial charge in [-0.2, -0.15) is 0 Å². The molecule has 0 bridgehead atoms. The number of carboxylic acid groups (broad SMARTS) is 1. The normalized spacial score (nSPS) is 9.69. The van der Waals surface area contributed by atoms with E-state index in [1.807, 2.05) is 6.92 Å². The van der Waals surface area contributed by atoms with Crippen LogP contribution < -0.4 is 10.2 Å². The summed E-state index contributed by atoms with van der Waals surface area (Å²) in [4.78, 5) is 10.3. The summed E-state index contributed by atoms with van der Waals surface area (Å²) in [6, 6.07) is 0. The van der Waals surface area contributed by atoms with Crippen LogP contribution in [-0.2, 0) is 26.5 Å². The van der Waals surface area contributed by atoms with Crippen LogP contribution in [-0.4, -0.2) is 106 Å². The third-order valence-electron chi connectivity index (χ3n) is 1.73. The second-order valence-electron chi connectivity index (χ2n) is 7.99. The van der Waals surface area contributed by atoms with Gasteiger partial charge >= 0.3 is 48.9 Å². The summed E-state index contributed by atoms with van der Waals surface area (Å²) in [7, 11) is 0. The van der Waals surface area contributed by atoms with E-state index in [9.17, 15) is 15.0 Å². The second-order valence-corrected chi connectivity index (χ2v) is 7.99. The molecular weight excluding hydrogens is 573 g/mol. The van der Waals surface area contributed by atoms with Crippen LogP contribution in [0, 0.1) is 5.92 Å². The quantitative estimate of drug-likeness (QED) is 0.341. The Morgan fingerprint density at radius 2 is 0.906 bits per heavy atom. The van der Waals surface area contributed by atoms with Gasteiger partial charge in [0.15, 0.2) is 0 Å². The van der Waals surface area contributed by atoms with Crippen LogP contribution in [0.2, 0.25) is 0 Å². The van der Waals surface area contributed by atoms with E-state index in [4.69, 9.17) is 20.4 Å². The largest absolute Gasteiger partial charge is 2.00 e. The molecule has 0 spiro atoms. The average Bonchev–Trinajstić information content (AvgIpc) is 2.44. The summed E-state index contributed by atoms with van der Waals surface area (Å²) >= 11 is 0. The Morgan fingerprint density at radius 1 is 0.719 bits per heavy atom. The van der Waals surface area contributed by atoms with E-state index in [0.29, 0.717) is 6.42 Å². The van der Waals surface area contributed by atoms with Crippen LogP contribution in [0.25, 0.3) is 0 Å². The minimum absolute atomic E-state index is 0. The van der Waals surface area contributed by atoms with Crippen molar-refractivity contribution in [1.82, 2.24) is 0 Å². The summed E-state index contributed by atoms with van der Waals surface area (Å²) in [5, 5.41) is 52.1. The molecule has 7 nitrogen and oxygen atoms in total. The monoisotopic (exact) mass is 628 g/mol. The van der Waals surface area contributed by atoms with Gasteiger partial charge in [0.25, 0.3) is 0 Å². The smallest absolute Gasteiger partial charge is 0.852 e. The molecule has 0 aliphatic rings. The van der Waals surface area contributed by atoms with Crippen molar-refractivity contribution in [3.05, 3.63) is 0 Å². The maximum absolute atomic E-state index is 10.3. The first-order valence-corrected chi connectivity index (χ1v) is 11.0. The maximum atomic E-state index is 10.3. The molecule has 0 aliphatic heterocycles. The van der Waals surface area contributed by atoms with Crippen molar-refractivity contribution in [2.24, 2.45) is 5.92 Å². The summed E-state index contributed by atoms with van der Waals surface area (Å²) < 4.78 is 0. The average molecular weight is 628 g/mol. The first-order chi connectivity index (χ1) is 13.4. The molecule has 0 heterocycles. The molecule has 1 atom stereocenters. The standard InChI is InChI=1S/C8H16O2.4C3H8O.C3H7O.Ba.Ti/c1-3-5-6-7(4-2)8(9)10;5*1-3(2)4;;/h7H,3-6H2,1-2H3,(H,9,10);4*3-4H,1-2H3;3H,1-2H3;;/q;;;;;-1;+2;/p-1. The fourth-order valence-corrected chi connectivity index (χ4v) is 0.939. The Bertz CT molecular complexity index is 243. The number of carboxylic acids is 1. The van der Waals surface area contributed by atoms with E-state index in [2.05, 4.69) is 6.92 Å². The van der Waals surface area contributed by atoms with Crippen molar-refractivity contribution in [2.45, 2.75) is 139 Å². The molecule has 0 fully saturated rings. The Kier molecular flexibility index (Phi) is 78.2. The van der Waals surface area contributed by atoms with Gasteiger partial charge in [-0.3, -0.25) is 0 Å². The Balaban J connectivity index is -0.0000000378. The van der Waals surface area contributed by atoms with Crippen LogP contribution in [0.3, 0.4) is 0 Å². The maximum Gasteiger partial charge on any atom is 2.00 e. The van der Waals surface area contributed by atoms with Crippen LogP contribution in [0.4, 0.5) is 0 Å². The number of hydrogen-bond acceptors (Lipinski definition) is 7. The first kappa shape index (κ1) is 54.5. The molecule has 0 aromatic rings. The van der Waals surface area contributed by atoms with Crippen LogP contribution in [0.15, 0.2) is 0 Å². The minimum atomic E-state index is -0.893. The van der Waals surface area contributed by atoms with Crippen molar-refractivity contribution in [3.63, 3.8) is 0 Å². The summed E-state index contributed by atoms with van der Waals surface area (Å²) in [5.41, 5.74) is 0. The molecule has 194 valence electrons. The van der Waals surface area contributed by atoms with Crippen LogP contribution >= 0.6 is 0 Å². The predicted molar refractivity (Wildman–Crippen MR) is 129 cm³/mol. The number of rotatable bonds is 5. The van der Waals surface area contributed by atoms with Gasteiger partial charge in [0, 0.05) is 52.1 Å². The molecule has 32 heavy (non-hydrogen) atoms. The Morgan fingerprint density at radius 3 is 1.00 bits per heavy atom. The van der Waals surface area contributed by atoms with Crippen molar-refractivity contribution in [1.29, 1.82) is 0 Å². The van der Waals surface area contributed by atoms with Gasteiger partial charge in [-0.25, -0.2) is 0 Å². The number of aliphatic carboxylic acids is 1. The van der Waals surface area contributed by atoms with Crippen molar-refractivity contribution < 1.29 is 57.2 Å². The molecule has 0 aromatic heterocycles. The number of aliphatic hydroxyl groups is 4. The zero-order valence-electron chi connectivity index (χ0n) is 23.0. The minimum Gasteiger partial charge on any atom is -0.852 e. The zero-order chi connectivity index (χ0) is 25.9. The fourth-order valence-electron chi connectivity index (χ4n) is 0.939. The third kappa shape index (κ3) is 221. The Hall–Kier alpha value is 1.56. The number of carbonyl (C=O) groups excluding carboxylic acids is 1. The van der Waals surface area contributed by atoms with Gasteiger partial charge in [0.2, 0.25) is 0 Å². The first-order valence-electron chi connectivity index (χ1n) is 11.0. The van der Waals surface area contributed by atoms with Gasteiger partial charge in [0.1, 0.15) is 0 Å². The number of hydrogen-bond donors (Lipinski definition) is 4. The molecule has 4 N–H and O–H groups in total. The van der Waals surface area contributed by atoms with Gasteiger partial charge in [-0.1, -0.05) is 40.5 Å². The fraction of sp³-hybridized carbons (Fsp3) is 0.957. The van der Waals surface area contributed by atoms with Gasteiger partial charge in [-0.15, -0.1) is 6.10 Å². The summed E-state index contributed by atoms with van der Waals surface area (Å²) in [5.74, 6) is -1.11. The van der Waals surface area contributed by atoms with Gasteiger partial charge in [-0.05, 0) is 74.1 Å². The van der Waals surface area contributed by atoms with E-state index in [1.165, 1.54) is 0 Å². The van der Waals surface area contributed by atoms with Crippen LogP contribution in [0.5, 0.6) is 0 Å². The molecule has 0 aromatic carbocycles. The molecule has 0 saturated carbocycles. The third-order valence-corrected chi connectivity index (χ3v) is 1.73. The number of carbonyl (C=O) groups is 1. The zero-order valence-corrected chi connectivity index (χ0v) is 29.0. The number of aliphatic hydroxyl groups excluding tert-OH is 4. The van der Waals surface area contributed by atoms with E-state index < -0.39 is 12.1 Å². The molecule has 0 saturated heterocycles. The van der Waals surface area contributed by atoms with E-state index in [0.717, 1.165) is 19.3 Å². The molecule has 1 unspecified atom stereocenters. The van der Waals surface area contributed by atoms with Crippen molar-refractivity contribution in [3.8, 4) is 0 Å². The topological polar surface area (TPSA) is 144 Å². The van der Waals surface area contributed by atoms with E-state index in [1.54, 1.807) is 69.2 Å². The van der Waals surface area contributed by atoms with Crippen molar-refractivity contribution >= 4 is 54.9 Å². The molecular formula is C23H54BaO7Ti. The molecule has 0 rings (SSSR count). The van der Waals surface area contributed by atoms with Crippen molar-refractivity contribution in [2.75, 3.05) is 0 Å². The van der Waals surface area contributed by atoms with Gasteiger partial charge in [0.05, 0.1) is 0 Å².